The van der Waals surface area contributed by atoms with E-state index in [1.54, 1.807) is 6.08 Å². The summed E-state index contributed by atoms with van der Waals surface area (Å²) in [6, 6.07) is 9.97. The van der Waals surface area contributed by atoms with Crippen molar-refractivity contribution in [1.82, 2.24) is 0 Å². The number of aliphatic hydroxyl groups is 1. The fourth-order valence-electron chi connectivity index (χ4n) is 1.10. The summed E-state index contributed by atoms with van der Waals surface area (Å²) in [7, 11) is 0. The number of aliphatic hydroxyl groups excluding tert-OH is 1. The maximum absolute atomic E-state index is 8.87. The molecule has 0 saturated heterocycles. The van der Waals surface area contributed by atoms with Crippen molar-refractivity contribution in [2.75, 3.05) is 13.2 Å². The van der Waals surface area contributed by atoms with Gasteiger partial charge >= 0.3 is 0 Å². The van der Waals surface area contributed by atoms with Gasteiger partial charge in [0.25, 0.3) is 0 Å². The molecule has 1 N–H and O–H groups in total. The van der Waals surface area contributed by atoms with Crippen molar-refractivity contribution in [2.24, 2.45) is 5.92 Å². The van der Waals surface area contributed by atoms with Crippen molar-refractivity contribution in [3.05, 3.63) is 48.6 Å². The molecule has 1 aromatic carbocycles. The first-order valence-corrected chi connectivity index (χ1v) is 4.72. The average molecular weight is 192 g/mol. The van der Waals surface area contributed by atoms with Gasteiger partial charge in [0.05, 0.1) is 19.8 Å². The Morgan fingerprint density at radius 2 is 2.07 bits per heavy atom. The van der Waals surface area contributed by atoms with Gasteiger partial charge in [-0.3, -0.25) is 0 Å². The monoisotopic (exact) mass is 192 g/mol. The second-order valence-corrected chi connectivity index (χ2v) is 3.18. The quantitative estimate of drug-likeness (QED) is 0.698. The topological polar surface area (TPSA) is 29.5 Å². The second-order valence-electron chi connectivity index (χ2n) is 3.18. The highest BCUT2D eigenvalue weighted by molar-refractivity contribution is 5.13. The van der Waals surface area contributed by atoms with Crippen LogP contribution in [0.15, 0.2) is 43.0 Å². The van der Waals surface area contributed by atoms with E-state index in [1.807, 2.05) is 30.3 Å². The normalized spacial score (nSPS) is 12.4. The first-order valence-electron chi connectivity index (χ1n) is 4.72. The Morgan fingerprint density at radius 3 is 2.64 bits per heavy atom. The molecule has 0 bridgehead atoms. The summed E-state index contributed by atoms with van der Waals surface area (Å²) >= 11 is 0. The third kappa shape index (κ3) is 3.73. The lowest BCUT2D eigenvalue weighted by Gasteiger charge is -2.09. The van der Waals surface area contributed by atoms with Crippen molar-refractivity contribution in [3.8, 4) is 0 Å². The summed E-state index contributed by atoms with van der Waals surface area (Å²) in [5.41, 5.74) is 1.15. The Kier molecular flexibility index (Phi) is 4.97. The highest BCUT2D eigenvalue weighted by Gasteiger charge is 2.01. The van der Waals surface area contributed by atoms with E-state index in [4.69, 9.17) is 9.84 Å². The lowest BCUT2D eigenvalue weighted by molar-refractivity contribution is 0.0791. The van der Waals surface area contributed by atoms with Gasteiger partial charge in [0.15, 0.2) is 0 Å². The van der Waals surface area contributed by atoms with Crippen molar-refractivity contribution in [2.45, 2.75) is 6.61 Å². The lowest BCUT2D eigenvalue weighted by Crippen LogP contribution is -2.10. The van der Waals surface area contributed by atoms with Gasteiger partial charge in [0, 0.05) is 5.92 Å². The zero-order chi connectivity index (χ0) is 10.2. The Balaban J connectivity index is 2.25. The predicted octanol–water partition coefficient (Wildman–Crippen LogP) is 2.00. The minimum absolute atomic E-state index is 0.0405. The van der Waals surface area contributed by atoms with Crippen LogP contribution in [-0.2, 0) is 11.3 Å². The molecule has 14 heavy (non-hydrogen) atoms. The van der Waals surface area contributed by atoms with E-state index in [0.717, 1.165) is 5.56 Å². The van der Waals surface area contributed by atoms with Crippen LogP contribution in [0.2, 0.25) is 0 Å². The lowest BCUT2D eigenvalue weighted by atomic mass is 10.2. The molecule has 0 spiro atoms. The van der Waals surface area contributed by atoms with E-state index in [9.17, 15) is 0 Å². The van der Waals surface area contributed by atoms with E-state index in [0.29, 0.717) is 13.2 Å². The molecular weight excluding hydrogens is 176 g/mol. The molecule has 2 heteroatoms. The van der Waals surface area contributed by atoms with Crippen LogP contribution in [0.3, 0.4) is 0 Å². The first-order chi connectivity index (χ1) is 6.86. The van der Waals surface area contributed by atoms with Crippen LogP contribution in [0.25, 0.3) is 0 Å². The zero-order valence-electron chi connectivity index (χ0n) is 8.23. The molecule has 0 unspecified atom stereocenters. The number of ether oxygens (including phenoxy) is 1. The van der Waals surface area contributed by atoms with Gasteiger partial charge in [-0.05, 0) is 5.56 Å². The van der Waals surface area contributed by atoms with Crippen molar-refractivity contribution in [1.29, 1.82) is 0 Å². The molecule has 0 heterocycles. The number of hydrogen-bond acceptors (Lipinski definition) is 2. The van der Waals surface area contributed by atoms with E-state index in [1.165, 1.54) is 0 Å². The van der Waals surface area contributed by atoms with Crippen molar-refractivity contribution < 1.29 is 9.84 Å². The molecule has 0 aliphatic carbocycles. The number of hydrogen-bond donors (Lipinski definition) is 1. The Labute approximate surface area is 84.8 Å². The van der Waals surface area contributed by atoms with E-state index in [2.05, 4.69) is 6.58 Å². The summed E-state index contributed by atoms with van der Waals surface area (Å²) in [6.07, 6.45) is 1.71. The van der Waals surface area contributed by atoms with Gasteiger partial charge in [-0.15, -0.1) is 6.58 Å². The standard InChI is InChI=1S/C12H16O2/c1-2-11(8-13)9-14-10-12-6-4-3-5-7-12/h2-7,11,13H,1,8-10H2/t11-/m0/s1. The van der Waals surface area contributed by atoms with Crippen LogP contribution in [0, 0.1) is 5.92 Å². The van der Waals surface area contributed by atoms with Crippen LogP contribution in [0.5, 0.6) is 0 Å². The van der Waals surface area contributed by atoms with E-state index in [-0.39, 0.29) is 12.5 Å². The summed E-state index contributed by atoms with van der Waals surface area (Å²) in [5.74, 6) is 0.0405. The van der Waals surface area contributed by atoms with Gasteiger partial charge in [-0.2, -0.15) is 0 Å². The van der Waals surface area contributed by atoms with Crippen LogP contribution >= 0.6 is 0 Å². The molecular formula is C12H16O2. The minimum atomic E-state index is 0.0405. The van der Waals surface area contributed by atoms with Crippen LogP contribution in [0.1, 0.15) is 5.56 Å². The largest absolute Gasteiger partial charge is 0.396 e. The predicted molar refractivity (Wildman–Crippen MR) is 56.9 cm³/mol. The molecule has 1 rings (SSSR count). The maximum atomic E-state index is 8.87. The van der Waals surface area contributed by atoms with Gasteiger partial charge < -0.3 is 9.84 Å². The summed E-state index contributed by atoms with van der Waals surface area (Å²) in [5, 5.41) is 8.87. The van der Waals surface area contributed by atoms with Gasteiger partial charge in [0.2, 0.25) is 0 Å². The summed E-state index contributed by atoms with van der Waals surface area (Å²) < 4.78 is 5.43. The Hall–Kier alpha value is -1.12. The maximum Gasteiger partial charge on any atom is 0.0717 e. The first kappa shape index (κ1) is 11.0. The molecule has 1 aromatic rings. The summed E-state index contributed by atoms with van der Waals surface area (Å²) in [6.45, 7) is 4.82. The number of benzene rings is 1. The molecule has 0 saturated carbocycles. The van der Waals surface area contributed by atoms with Crippen LogP contribution < -0.4 is 0 Å². The highest BCUT2D eigenvalue weighted by Crippen LogP contribution is 2.03. The smallest absolute Gasteiger partial charge is 0.0717 e. The van der Waals surface area contributed by atoms with Gasteiger partial charge in [-0.1, -0.05) is 36.4 Å². The molecule has 0 amide bonds. The Bertz CT molecular complexity index is 256. The fourth-order valence-corrected chi connectivity index (χ4v) is 1.10. The molecule has 76 valence electrons. The third-order valence-corrected chi connectivity index (χ3v) is 2.01. The van der Waals surface area contributed by atoms with E-state index < -0.39 is 0 Å². The summed E-state index contributed by atoms with van der Waals surface area (Å²) in [4.78, 5) is 0. The molecule has 0 fully saturated rings. The van der Waals surface area contributed by atoms with Gasteiger partial charge in [-0.25, -0.2) is 0 Å². The minimum Gasteiger partial charge on any atom is -0.396 e. The zero-order valence-corrected chi connectivity index (χ0v) is 8.23. The molecule has 0 aliphatic rings. The van der Waals surface area contributed by atoms with E-state index >= 15 is 0 Å². The molecule has 2 nitrogen and oxygen atoms in total. The van der Waals surface area contributed by atoms with Crippen LogP contribution in [-0.4, -0.2) is 18.3 Å². The van der Waals surface area contributed by atoms with Gasteiger partial charge in [0.1, 0.15) is 0 Å². The average Bonchev–Trinajstić information content (AvgIpc) is 2.26. The second kappa shape index (κ2) is 6.35. The molecule has 0 aliphatic heterocycles. The Morgan fingerprint density at radius 1 is 1.36 bits per heavy atom. The molecule has 0 radical (unpaired) electrons. The number of rotatable bonds is 6. The SMILES string of the molecule is C=C[C@@H](CO)COCc1ccccc1. The third-order valence-electron chi connectivity index (χ3n) is 2.01. The van der Waals surface area contributed by atoms with Crippen molar-refractivity contribution >= 4 is 0 Å². The highest BCUT2D eigenvalue weighted by atomic mass is 16.5. The van der Waals surface area contributed by atoms with Crippen molar-refractivity contribution in [3.63, 3.8) is 0 Å². The fraction of sp³-hybridized carbons (Fsp3) is 0.333. The van der Waals surface area contributed by atoms with Crippen LogP contribution in [0.4, 0.5) is 0 Å². The molecule has 1 atom stereocenters. The molecule has 0 aromatic heterocycles.